The van der Waals surface area contributed by atoms with Crippen LogP contribution >= 0.6 is 0 Å². The number of benzene rings is 1. The SMILES string of the molecule is CCCCCCCCCCCCOc1ccc(C=C2C(=O)NC(=O)NC2=O)cc1. The van der Waals surface area contributed by atoms with Gasteiger partial charge in [0.05, 0.1) is 6.61 Å². The van der Waals surface area contributed by atoms with Gasteiger partial charge in [-0.1, -0.05) is 76.8 Å². The number of hydrogen-bond donors (Lipinski definition) is 2. The number of carbonyl (C=O) groups excluding carboxylic acids is 3. The van der Waals surface area contributed by atoms with Gasteiger partial charge in [0.15, 0.2) is 0 Å². The smallest absolute Gasteiger partial charge is 0.328 e. The molecule has 1 aromatic rings. The molecule has 0 aliphatic carbocycles. The third-order valence-electron chi connectivity index (χ3n) is 4.90. The highest BCUT2D eigenvalue weighted by Gasteiger charge is 2.27. The average Bonchev–Trinajstić information content (AvgIpc) is 2.70. The standard InChI is InChI=1S/C23H32N2O4/c1-2-3-4-5-6-7-8-9-10-11-16-29-19-14-12-18(13-15-19)17-20-21(26)24-23(28)25-22(20)27/h12-15,17H,2-11,16H2,1H3,(H2,24,25,26,27,28). The fourth-order valence-electron chi connectivity index (χ4n) is 3.21. The number of nitrogens with one attached hydrogen (secondary N) is 2. The van der Waals surface area contributed by atoms with Crippen LogP contribution in [0.3, 0.4) is 0 Å². The maximum atomic E-state index is 11.7. The van der Waals surface area contributed by atoms with Crippen molar-refractivity contribution in [2.45, 2.75) is 71.1 Å². The highest BCUT2D eigenvalue weighted by atomic mass is 16.5. The van der Waals surface area contributed by atoms with Crippen LogP contribution in [0, 0.1) is 0 Å². The second-order valence-corrected chi connectivity index (χ2v) is 7.39. The molecule has 2 rings (SSSR count). The number of imide groups is 2. The molecule has 1 saturated heterocycles. The largest absolute Gasteiger partial charge is 0.494 e. The Morgan fingerprint density at radius 2 is 1.28 bits per heavy atom. The van der Waals surface area contributed by atoms with Gasteiger partial charge >= 0.3 is 6.03 Å². The minimum atomic E-state index is -0.798. The Morgan fingerprint density at radius 3 is 1.83 bits per heavy atom. The van der Waals surface area contributed by atoms with Gasteiger partial charge in [-0.15, -0.1) is 0 Å². The summed E-state index contributed by atoms with van der Waals surface area (Å²) in [7, 11) is 0. The van der Waals surface area contributed by atoms with Crippen molar-refractivity contribution in [2.24, 2.45) is 0 Å². The van der Waals surface area contributed by atoms with E-state index in [1.165, 1.54) is 63.9 Å². The first kappa shape index (κ1) is 22.7. The van der Waals surface area contributed by atoms with Crippen molar-refractivity contribution in [3.8, 4) is 5.75 Å². The second kappa shape index (κ2) is 12.8. The van der Waals surface area contributed by atoms with Crippen molar-refractivity contribution >= 4 is 23.9 Å². The zero-order valence-electron chi connectivity index (χ0n) is 17.3. The Kier molecular flexibility index (Phi) is 9.96. The van der Waals surface area contributed by atoms with Crippen LogP contribution in [-0.2, 0) is 9.59 Å². The van der Waals surface area contributed by atoms with Gasteiger partial charge in [-0.2, -0.15) is 0 Å². The fourth-order valence-corrected chi connectivity index (χ4v) is 3.21. The van der Waals surface area contributed by atoms with Gasteiger partial charge in [-0.05, 0) is 30.2 Å². The lowest BCUT2D eigenvalue weighted by Crippen LogP contribution is -2.51. The average molecular weight is 401 g/mol. The van der Waals surface area contributed by atoms with Gasteiger partial charge in [0.1, 0.15) is 11.3 Å². The van der Waals surface area contributed by atoms with E-state index in [4.69, 9.17) is 4.74 Å². The molecule has 0 saturated carbocycles. The summed E-state index contributed by atoms with van der Waals surface area (Å²) in [4.78, 5) is 34.5. The number of barbiturate groups is 1. The molecule has 1 aromatic carbocycles. The zero-order chi connectivity index (χ0) is 20.9. The molecule has 6 heteroatoms. The van der Waals surface area contributed by atoms with E-state index in [2.05, 4.69) is 17.6 Å². The molecule has 0 radical (unpaired) electrons. The highest BCUT2D eigenvalue weighted by Crippen LogP contribution is 2.16. The number of ether oxygens (including phenoxy) is 1. The molecule has 1 aliphatic heterocycles. The molecule has 6 nitrogen and oxygen atoms in total. The first-order chi connectivity index (χ1) is 14.1. The Balaban J connectivity index is 1.62. The molecule has 1 fully saturated rings. The Hall–Kier alpha value is -2.63. The van der Waals surface area contributed by atoms with Gasteiger partial charge in [0.2, 0.25) is 0 Å². The minimum absolute atomic E-state index is 0.0939. The van der Waals surface area contributed by atoms with Crippen LogP contribution in [0.2, 0.25) is 0 Å². The van der Waals surface area contributed by atoms with E-state index in [0.29, 0.717) is 12.2 Å². The molecule has 0 atom stereocenters. The number of hydrogen-bond acceptors (Lipinski definition) is 4. The molecular formula is C23H32N2O4. The Bertz CT molecular complexity index is 688. The zero-order valence-corrected chi connectivity index (χ0v) is 17.3. The summed E-state index contributed by atoms with van der Waals surface area (Å²) in [5.41, 5.74) is 0.592. The summed E-state index contributed by atoms with van der Waals surface area (Å²) in [6, 6.07) is 6.38. The van der Waals surface area contributed by atoms with Crippen LogP contribution in [0.4, 0.5) is 4.79 Å². The number of urea groups is 1. The van der Waals surface area contributed by atoms with Crippen LogP contribution < -0.4 is 15.4 Å². The van der Waals surface area contributed by atoms with Gasteiger partial charge in [0.25, 0.3) is 11.8 Å². The van der Waals surface area contributed by atoms with Crippen molar-refractivity contribution < 1.29 is 19.1 Å². The Morgan fingerprint density at radius 1 is 0.759 bits per heavy atom. The maximum Gasteiger partial charge on any atom is 0.328 e. The van der Waals surface area contributed by atoms with Crippen LogP contribution in [0.5, 0.6) is 5.75 Å². The van der Waals surface area contributed by atoms with E-state index in [0.717, 1.165) is 12.2 Å². The maximum absolute atomic E-state index is 11.7. The minimum Gasteiger partial charge on any atom is -0.494 e. The van der Waals surface area contributed by atoms with Crippen molar-refractivity contribution in [2.75, 3.05) is 6.61 Å². The molecule has 1 aliphatic rings. The predicted octanol–water partition coefficient (Wildman–Crippen LogP) is 4.74. The van der Waals surface area contributed by atoms with Crippen LogP contribution in [-0.4, -0.2) is 24.5 Å². The molecule has 2 N–H and O–H groups in total. The summed E-state index contributed by atoms with van der Waals surface area (Å²) in [5.74, 6) is -0.629. The first-order valence-electron chi connectivity index (χ1n) is 10.7. The lowest BCUT2D eigenvalue weighted by Gasteiger charge is -2.13. The predicted molar refractivity (Wildman–Crippen MR) is 113 cm³/mol. The van der Waals surface area contributed by atoms with Crippen molar-refractivity contribution in [1.82, 2.24) is 10.6 Å². The molecule has 0 spiro atoms. The fraction of sp³-hybridized carbons (Fsp3) is 0.522. The molecule has 0 unspecified atom stereocenters. The van der Waals surface area contributed by atoms with Gasteiger partial charge in [0, 0.05) is 0 Å². The van der Waals surface area contributed by atoms with Crippen molar-refractivity contribution in [3.05, 3.63) is 35.4 Å². The molecular weight excluding hydrogens is 368 g/mol. The first-order valence-corrected chi connectivity index (χ1v) is 10.7. The molecule has 0 bridgehead atoms. The van der Waals surface area contributed by atoms with Gasteiger partial charge < -0.3 is 4.74 Å². The molecule has 29 heavy (non-hydrogen) atoms. The summed E-state index contributed by atoms with van der Waals surface area (Å²) < 4.78 is 5.76. The topological polar surface area (TPSA) is 84.5 Å². The number of rotatable bonds is 13. The summed E-state index contributed by atoms with van der Waals surface area (Å²) in [6.07, 6.45) is 14.3. The van der Waals surface area contributed by atoms with E-state index in [-0.39, 0.29) is 5.57 Å². The lowest BCUT2D eigenvalue weighted by molar-refractivity contribution is -0.123. The highest BCUT2D eigenvalue weighted by molar-refractivity contribution is 6.31. The van der Waals surface area contributed by atoms with Gasteiger partial charge in [-0.3, -0.25) is 20.2 Å². The van der Waals surface area contributed by atoms with E-state index in [9.17, 15) is 14.4 Å². The van der Waals surface area contributed by atoms with E-state index in [1.54, 1.807) is 12.1 Å². The van der Waals surface area contributed by atoms with E-state index in [1.807, 2.05) is 12.1 Å². The monoisotopic (exact) mass is 400 g/mol. The molecule has 0 aromatic heterocycles. The molecule has 158 valence electrons. The van der Waals surface area contributed by atoms with Crippen molar-refractivity contribution in [3.63, 3.8) is 0 Å². The normalized spacial score (nSPS) is 13.8. The third-order valence-corrected chi connectivity index (χ3v) is 4.90. The van der Waals surface area contributed by atoms with Gasteiger partial charge in [-0.25, -0.2) is 4.79 Å². The molecule has 4 amide bonds. The molecule has 1 heterocycles. The summed E-state index contributed by atoms with van der Waals surface area (Å²) in [6.45, 7) is 2.93. The van der Waals surface area contributed by atoms with Crippen LogP contribution in [0.25, 0.3) is 6.08 Å². The Labute approximate surface area is 173 Å². The number of unbranched alkanes of at least 4 members (excludes halogenated alkanes) is 9. The summed E-state index contributed by atoms with van der Waals surface area (Å²) >= 11 is 0. The lowest BCUT2D eigenvalue weighted by atomic mass is 10.1. The quantitative estimate of drug-likeness (QED) is 0.285. The van der Waals surface area contributed by atoms with Crippen molar-refractivity contribution in [1.29, 1.82) is 0 Å². The summed E-state index contributed by atoms with van der Waals surface area (Å²) in [5, 5.41) is 4.10. The second-order valence-electron chi connectivity index (χ2n) is 7.39. The van der Waals surface area contributed by atoms with E-state index >= 15 is 0 Å². The van der Waals surface area contributed by atoms with E-state index < -0.39 is 17.8 Å². The van der Waals surface area contributed by atoms with Crippen LogP contribution in [0.15, 0.2) is 29.8 Å². The number of amides is 4. The number of carbonyl (C=O) groups is 3. The third kappa shape index (κ3) is 8.50. The van der Waals surface area contributed by atoms with Crippen LogP contribution in [0.1, 0.15) is 76.7 Å².